The summed E-state index contributed by atoms with van der Waals surface area (Å²) in [5.41, 5.74) is 12.2. The fraction of sp³-hybridized carbons (Fsp3) is 0.158. The van der Waals surface area contributed by atoms with E-state index < -0.39 is 0 Å². The normalized spacial score (nSPS) is 11.6. The Morgan fingerprint density at radius 1 is 0.513 bits per heavy atom. The summed E-state index contributed by atoms with van der Waals surface area (Å²) in [5.74, 6) is 0. The predicted molar refractivity (Wildman–Crippen MR) is 170 cm³/mol. The van der Waals surface area contributed by atoms with Crippen LogP contribution >= 0.6 is 0 Å². The van der Waals surface area contributed by atoms with Crippen LogP contribution in [0.3, 0.4) is 0 Å². The van der Waals surface area contributed by atoms with Gasteiger partial charge in [0.2, 0.25) is 0 Å². The standard InChI is InChI=1S/C38H37N/c1-28-14-21-34(22-15-28)39(35-23-16-29(2)17-24-35)36-25-20-32(37(27-36)38(3,4)5)19-18-30-10-9-13-33(26-30)31-11-7-6-8-12-31/h6-27H,1-5H3/b19-18+. The lowest BCUT2D eigenvalue weighted by molar-refractivity contribution is 0.589. The first-order valence-corrected chi connectivity index (χ1v) is 13.7. The van der Waals surface area contributed by atoms with E-state index in [-0.39, 0.29) is 5.41 Å². The molecule has 0 bridgehead atoms. The van der Waals surface area contributed by atoms with E-state index in [1.54, 1.807) is 0 Å². The fourth-order valence-corrected chi connectivity index (χ4v) is 4.95. The Labute approximate surface area is 234 Å². The van der Waals surface area contributed by atoms with Gasteiger partial charge in [0.15, 0.2) is 0 Å². The lowest BCUT2D eigenvalue weighted by atomic mass is 9.83. The average molecular weight is 508 g/mol. The summed E-state index contributed by atoms with van der Waals surface area (Å²) in [6.45, 7) is 11.1. The number of hydrogen-bond acceptors (Lipinski definition) is 1. The van der Waals surface area contributed by atoms with Crippen molar-refractivity contribution in [1.29, 1.82) is 0 Å². The van der Waals surface area contributed by atoms with E-state index >= 15 is 0 Å². The molecule has 5 aromatic carbocycles. The Morgan fingerprint density at radius 3 is 1.67 bits per heavy atom. The number of benzene rings is 5. The molecule has 0 saturated heterocycles. The number of rotatable bonds is 6. The lowest BCUT2D eigenvalue weighted by Gasteiger charge is -2.29. The topological polar surface area (TPSA) is 3.24 Å². The molecule has 0 atom stereocenters. The first-order chi connectivity index (χ1) is 18.8. The summed E-state index contributed by atoms with van der Waals surface area (Å²) >= 11 is 0. The molecule has 0 radical (unpaired) electrons. The van der Waals surface area contributed by atoms with E-state index in [1.165, 1.54) is 38.9 Å². The van der Waals surface area contributed by atoms with Crippen LogP contribution in [-0.2, 0) is 5.41 Å². The first kappa shape index (κ1) is 26.3. The molecule has 0 saturated carbocycles. The van der Waals surface area contributed by atoms with Crippen molar-refractivity contribution < 1.29 is 0 Å². The molecule has 1 nitrogen and oxygen atoms in total. The van der Waals surface area contributed by atoms with Gasteiger partial charge in [-0.15, -0.1) is 0 Å². The highest BCUT2D eigenvalue weighted by atomic mass is 15.1. The van der Waals surface area contributed by atoms with Gasteiger partial charge in [0.1, 0.15) is 0 Å². The van der Waals surface area contributed by atoms with E-state index in [0.717, 1.165) is 17.1 Å². The van der Waals surface area contributed by atoms with Gasteiger partial charge in [0.05, 0.1) is 0 Å². The van der Waals surface area contributed by atoms with Crippen LogP contribution in [0, 0.1) is 13.8 Å². The van der Waals surface area contributed by atoms with Crippen LogP contribution in [0.25, 0.3) is 23.3 Å². The summed E-state index contributed by atoms with van der Waals surface area (Å²) in [5, 5.41) is 0. The minimum atomic E-state index is -0.0200. The van der Waals surface area contributed by atoms with Crippen molar-refractivity contribution in [2.45, 2.75) is 40.0 Å². The van der Waals surface area contributed by atoms with Gasteiger partial charge in [0.25, 0.3) is 0 Å². The molecule has 0 unspecified atom stereocenters. The van der Waals surface area contributed by atoms with Crippen LogP contribution < -0.4 is 4.90 Å². The van der Waals surface area contributed by atoms with E-state index in [4.69, 9.17) is 0 Å². The zero-order chi connectivity index (χ0) is 27.4. The molecule has 0 aromatic heterocycles. The van der Waals surface area contributed by atoms with Gasteiger partial charge in [-0.25, -0.2) is 0 Å². The van der Waals surface area contributed by atoms with Gasteiger partial charge in [-0.05, 0) is 89.5 Å². The molecule has 0 N–H and O–H groups in total. The lowest BCUT2D eigenvalue weighted by Crippen LogP contribution is -2.16. The van der Waals surface area contributed by atoms with Crippen molar-refractivity contribution in [2.24, 2.45) is 0 Å². The summed E-state index contributed by atoms with van der Waals surface area (Å²) < 4.78 is 0. The monoisotopic (exact) mass is 507 g/mol. The third-order valence-electron chi connectivity index (χ3n) is 7.14. The second-order valence-electron chi connectivity index (χ2n) is 11.4. The van der Waals surface area contributed by atoms with Crippen molar-refractivity contribution in [3.63, 3.8) is 0 Å². The number of nitrogens with zero attached hydrogens (tertiary/aromatic N) is 1. The Hall–Kier alpha value is -4.36. The Morgan fingerprint density at radius 2 is 1.08 bits per heavy atom. The zero-order valence-corrected chi connectivity index (χ0v) is 23.6. The van der Waals surface area contributed by atoms with Crippen LogP contribution in [0.4, 0.5) is 17.1 Å². The molecule has 0 aliphatic carbocycles. The molecule has 0 spiro atoms. The highest BCUT2D eigenvalue weighted by Gasteiger charge is 2.20. The molecule has 1 heteroatoms. The van der Waals surface area contributed by atoms with Crippen LogP contribution in [0.5, 0.6) is 0 Å². The van der Waals surface area contributed by atoms with Gasteiger partial charge in [-0.3, -0.25) is 0 Å². The largest absolute Gasteiger partial charge is 0.310 e. The maximum absolute atomic E-state index is 2.36. The highest BCUT2D eigenvalue weighted by Crippen LogP contribution is 2.38. The maximum atomic E-state index is 2.36. The van der Waals surface area contributed by atoms with Gasteiger partial charge < -0.3 is 4.90 Å². The molecule has 0 aliphatic heterocycles. The van der Waals surface area contributed by atoms with Gasteiger partial charge in [0, 0.05) is 17.1 Å². The summed E-state index contributed by atoms with van der Waals surface area (Å²) in [4.78, 5) is 2.35. The molecule has 0 amide bonds. The Balaban J connectivity index is 1.55. The van der Waals surface area contributed by atoms with Crippen molar-refractivity contribution in [2.75, 3.05) is 4.90 Å². The molecule has 0 fully saturated rings. The van der Waals surface area contributed by atoms with Gasteiger partial charge in [-0.2, -0.15) is 0 Å². The molecule has 5 aromatic rings. The van der Waals surface area contributed by atoms with Crippen molar-refractivity contribution in [3.8, 4) is 11.1 Å². The van der Waals surface area contributed by atoms with E-state index in [0.29, 0.717) is 0 Å². The van der Waals surface area contributed by atoms with E-state index in [9.17, 15) is 0 Å². The summed E-state index contributed by atoms with van der Waals surface area (Å²) in [6.07, 6.45) is 4.49. The second kappa shape index (κ2) is 11.2. The third-order valence-corrected chi connectivity index (χ3v) is 7.14. The Kier molecular flexibility index (Phi) is 7.52. The van der Waals surface area contributed by atoms with Crippen LogP contribution in [0.15, 0.2) is 121 Å². The van der Waals surface area contributed by atoms with Gasteiger partial charge in [-0.1, -0.05) is 123 Å². The molecular weight excluding hydrogens is 470 g/mol. The minimum Gasteiger partial charge on any atom is -0.310 e. The number of hydrogen-bond donors (Lipinski definition) is 0. The Bertz CT molecular complexity index is 1520. The number of aryl methyl sites for hydroxylation is 2. The smallest absolute Gasteiger partial charge is 0.0464 e. The van der Waals surface area contributed by atoms with Crippen molar-refractivity contribution in [1.82, 2.24) is 0 Å². The molecule has 5 rings (SSSR count). The van der Waals surface area contributed by atoms with Crippen LogP contribution in [-0.4, -0.2) is 0 Å². The average Bonchev–Trinajstić information content (AvgIpc) is 2.94. The molecular formula is C38H37N. The van der Waals surface area contributed by atoms with Crippen LogP contribution in [0.2, 0.25) is 0 Å². The SMILES string of the molecule is Cc1ccc(N(c2ccc(C)cc2)c2ccc(/C=C/c3cccc(-c4ccccc4)c3)c(C(C)(C)C)c2)cc1. The fourth-order valence-electron chi connectivity index (χ4n) is 4.95. The molecule has 39 heavy (non-hydrogen) atoms. The highest BCUT2D eigenvalue weighted by molar-refractivity contribution is 5.80. The molecule has 0 heterocycles. The summed E-state index contributed by atoms with van der Waals surface area (Å²) in [7, 11) is 0. The van der Waals surface area contributed by atoms with Crippen LogP contribution in [0.1, 0.15) is 48.6 Å². The first-order valence-electron chi connectivity index (χ1n) is 13.7. The zero-order valence-electron chi connectivity index (χ0n) is 23.6. The second-order valence-corrected chi connectivity index (χ2v) is 11.4. The van der Waals surface area contributed by atoms with Gasteiger partial charge >= 0.3 is 0 Å². The predicted octanol–water partition coefficient (Wildman–Crippen LogP) is 10.9. The minimum absolute atomic E-state index is 0.0200. The van der Waals surface area contributed by atoms with Crippen molar-refractivity contribution in [3.05, 3.63) is 149 Å². The van der Waals surface area contributed by atoms with E-state index in [1.807, 2.05) is 0 Å². The third kappa shape index (κ3) is 6.21. The molecule has 0 aliphatic rings. The quantitative estimate of drug-likeness (QED) is 0.207. The summed E-state index contributed by atoms with van der Waals surface area (Å²) in [6, 6.07) is 43.7. The molecule has 194 valence electrons. The maximum Gasteiger partial charge on any atom is 0.0464 e. The van der Waals surface area contributed by atoms with E-state index in [2.05, 4.69) is 173 Å². The van der Waals surface area contributed by atoms with Crippen molar-refractivity contribution >= 4 is 29.2 Å². The number of anilines is 3.